The third-order valence-corrected chi connectivity index (χ3v) is 6.00. The number of ether oxygens (including phenoxy) is 3. The zero-order valence-corrected chi connectivity index (χ0v) is 23.8. The van der Waals surface area contributed by atoms with Crippen LogP contribution in [0.2, 0.25) is 0 Å². The number of carbonyl (C=O) groups is 2. The van der Waals surface area contributed by atoms with Gasteiger partial charge in [0, 0.05) is 24.5 Å². The standard InChI is InChI=1S/C21H26BrN5O3.C5H10O2/c1-13(28)19(14-8-16(29-2)10-17(9-14)30-3)20-18(11-23)21(25-7-5-22)27(26-20)15-4-6-24-12-15;1-5(2,3)7-4-6/h8-10,15,19,24-25H,4-7,12H2,1-3H3;4H,1-3H3. The normalized spacial score (nSPS) is 15.6. The lowest BCUT2D eigenvalue weighted by atomic mass is 9.89. The van der Waals surface area contributed by atoms with Gasteiger partial charge in [-0.15, -0.1) is 0 Å². The first kappa shape index (κ1) is 30.1. The number of rotatable bonds is 10. The maximum absolute atomic E-state index is 12.8. The monoisotopic (exact) mass is 577 g/mol. The van der Waals surface area contributed by atoms with Crippen LogP contribution in [0.1, 0.15) is 62.9 Å². The Balaban J connectivity index is 0.000000604. The molecule has 0 amide bonds. The van der Waals surface area contributed by atoms with Crippen LogP contribution in [0.15, 0.2) is 18.2 Å². The average molecular weight is 579 g/mol. The number of methoxy groups -OCH3 is 2. The van der Waals surface area contributed by atoms with Gasteiger partial charge in [0.2, 0.25) is 0 Å². The van der Waals surface area contributed by atoms with Gasteiger partial charge in [0.25, 0.3) is 6.47 Å². The van der Waals surface area contributed by atoms with Crippen molar-refractivity contribution < 1.29 is 23.8 Å². The molecule has 0 saturated carbocycles. The SMILES string of the molecule is CC(C)(C)OC=O.COc1cc(OC)cc(C(C(C)=O)c2nn(C3CCNC3)c(NCCBr)c2C#N)c1. The number of nitrogens with zero attached hydrogens (tertiary/aromatic N) is 3. The quantitative estimate of drug-likeness (QED) is 0.320. The molecular weight excluding hydrogens is 542 g/mol. The van der Waals surface area contributed by atoms with Gasteiger partial charge >= 0.3 is 0 Å². The number of alkyl halides is 1. The highest BCUT2D eigenvalue weighted by Crippen LogP contribution is 2.36. The molecule has 0 aliphatic carbocycles. The predicted molar refractivity (Wildman–Crippen MR) is 145 cm³/mol. The fraction of sp³-hybridized carbons (Fsp3) is 0.538. The highest BCUT2D eigenvalue weighted by atomic mass is 79.9. The topological polar surface area (TPSA) is 128 Å². The number of hydrogen-bond acceptors (Lipinski definition) is 9. The molecule has 1 aliphatic heterocycles. The summed E-state index contributed by atoms with van der Waals surface area (Å²) >= 11 is 3.42. The van der Waals surface area contributed by atoms with Gasteiger partial charge in [0.05, 0.1) is 31.9 Å². The summed E-state index contributed by atoms with van der Waals surface area (Å²) in [5.41, 5.74) is 1.20. The van der Waals surface area contributed by atoms with E-state index >= 15 is 0 Å². The summed E-state index contributed by atoms with van der Waals surface area (Å²) in [5.74, 6) is 0.992. The minimum Gasteiger partial charge on any atom is -0.497 e. The molecule has 1 aliphatic rings. The summed E-state index contributed by atoms with van der Waals surface area (Å²) < 4.78 is 17.2. The molecule has 0 bridgehead atoms. The van der Waals surface area contributed by atoms with Crippen molar-refractivity contribution in [2.24, 2.45) is 0 Å². The van der Waals surface area contributed by atoms with Gasteiger partial charge in [-0.25, -0.2) is 4.68 Å². The Morgan fingerprint density at radius 2 is 1.97 bits per heavy atom. The smallest absolute Gasteiger partial charge is 0.293 e. The molecule has 11 heteroatoms. The fourth-order valence-corrected chi connectivity index (χ4v) is 4.14. The van der Waals surface area contributed by atoms with Gasteiger partial charge in [0.1, 0.15) is 40.3 Å². The Hall–Kier alpha value is -3.10. The molecule has 1 saturated heterocycles. The molecule has 202 valence electrons. The summed E-state index contributed by atoms with van der Waals surface area (Å²) in [6, 6.07) is 7.73. The van der Waals surface area contributed by atoms with Crippen molar-refractivity contribution >= 4 is 34.0 Å². The molecule has 0 radical (unpaired) electrons. The molecule has 2 heterocycles. The number of Topliss-reactive ketones (excluding diaryl/α,β-unsaturated/α-hetero) is 1. The number of hydrogen-bond donors (Lipinski definition) is 2. The number of carbonyl (C=O) groups excluding carboxylic acids is 2. The first-order valence-electron chi connectivity index (χ1n) is 12.0. The highest BCUT2D eigenvalue weighted by molar-refractivity contribution is 9.09. The van der Waals surface area contributed by atoms with Crippen molar-refractivity contribution in [3.63, 3.8) is 0 Å². The molecule has 10 nitrogen and oxygen atoms in total. The van der Waals surface area contributed by atoms with Gasteiger partial charge in [-0.3, -0.25) is 9.59 Å². The van der Waals surface area contributed by atoms with Crippen molar-refractivity contribution in [2.45, 2.75) is 51.7 Å². The predicted octanol–water partition coefficient (Wildman–Crippen LogP) is 3.79. The number of benzene rings is 1. The van der Waals surface area contributed by atoms with Crippen LogP contribution >= 0.6 is 15.9 Å². The van der Waals surface area contributed by atoms with Crippen molar-refractivity contribution in [1.82, 2.24) is 15.1 Å². The summed E-state index contributed by atoms with van der Waals surface area (Å²) in [4.78, 5) is 22.4. The average Bonchev–Trinajstić information content (AvgIpc) is 3.50. The number of ketones is 1. The van der Waals surface area contributed by atoms with E-state index in [1.807, 2.05) is 25.5 Å². The van der Waals surface area contributed by atoms with Crippen LogP contribution in [-0.4, -0.2) is 66.8 Å². The van der Waals surface area contributed by atoms with E-state index in [1.165, 1.54) is 6.92 Å². The zero-order valence-electron chi connectivity index (χ0n) is 22.3. The minimum atomic E-state index is -0.705. The largest absolute Gasteiger partial charge is 0.497 e. The van der Waals surface area contributed by atoms with Crippen molar-refractivity contribution in [2.75, 3.05) is 44.5 Å². The Morgan fingerprint density at radius 3 is 2.38 bits per heavy atom. The first-order valence-corrected chi connectivity index (χ1v) is 13.1. The van der Waals surface area contributed by atoms with Crippen LogP contribution in [-0.2, 0) is 14.3 Å². The van der Waals surface area contributed by atoms with Crippen LogP contribution in [0.25, 0.3) is 0 Å². The third kappa shape index (κ3) is 8.20. The molecule has 3 rings (SSSR count). The van der Waals surface area contributed by atoms with E-state index in [0.29, 0.717) is 47.2 Å². The van der Waals surface area contributed by atoms with Gasteiger partial charge in [-0.05, 0) is 58.4 Å². The highest BCUT2D eigenvalue weighted by Gasteiger charge is 2.32. The van der Waals surface area contributed by atoms with E-state index in [-0.39, 0.29) is 17.4 Å². The fourth-order valence-electron chi connectivity index (χ4n) is 3.94. The van der Waals surface area contributed by atoms with Gasteiger partial charge in [-0.2, -0.15) is 10.4 Å². The lowest BCUT2D eigenvalue weighted by molar-refractivity contribution is -0.138. The van der Waals surface area contributed by atoms with Crippen LogP contribution in [0, 0.1) is 11.3 Å². The molecule has 2 aromatic rings. The molecule has 0 spiro atoms. The first-order chi connectivity index (χ1) is 17.6. The van der Waals surface area contributed by atoms with Crippen molar-refractivity contribution in [1.29, 1.82) is 5.26 Å². The Morgan fingerprint density at radius 1 is 1.32 bits per heavy atom. The molecule has 2 atom stereocenters. The number of halogens is 1. The molecule has 37 heavy (non-hydrogen) atoms. The van der Waals surface area contributed by atoms with Gasteiger partial charge in [-0.1, -0.05) is 15.9 Å². The number of anilines is 1. The van der Waals surface area contributed by atoms with Crippen molar-refractivity contribution in [3.8, 4) is 17.6 Å². The van der Waals surface area contributed by atoms with Crippen molar-refractivity contribution in [3.05, 3.63) is 35.0 Å². The second-order valence-corrected chi connectivity index (χ2v) is 10.2. The van der Waals surface area contributed by atoms with E-state index in [2.05, 4.69) is 37.4 Å². The van der Waals surface area contributed by atoms with E-state index in [4.69, 9.17) is 14.6 Å². The maximum Gasteiger partial charge on any atom is 0.293 e. The second kappa shape index (κ2) is 14.0. The van der Waals surface area contributed by atoms with E-state index in [1.54, 1.807) is 32.4 Å². The number of nitrogens with one attached hydrogen (secondary N) is 2. The lowest BCUT2D eigenvalue weighted by Gasteiger charge is -2.15. The summed E-state index contributed by atoms with van der Waals surface area (Å²) in [5, 5.41) is 22.2. The number of aromatic nitrogens is 2. The van der Waals surface area contributed by atoms with Crippen LogP contribution in [0.5, 0.6) is 11.5 Å². The third-order valence-electron chi connectivity index (χ3n) is 5.61. The summed E-state index contributed by atoms with van der Waals surface area (Å²) in [6.45, 7) is 9.73. The summed E-state index contributed by atoms with van der Waals surface area (Å²) in [6.07, 6.45) is 0.909. The maximum atomic E-state index is 12.8. The van der Waals surface area contributed by atoms with E-state index in [0.717, 1.165) is 24.8 Å². The molecular formula is C26H36BrN5O5. The van der Waals surface area contributed by atoms with Crippen LogP contribution < -0.4 is 20.1 Å². The Bertz CT molecular complexity index is 1080. The van der Waals surface area contributed by atoms with Gasteiger partial charge < -0.3 is 24.8 Å². The van der Waals surface area contributed by atoms with Crippen LogP contribution in [0.3, 0.4) is 0 Å². The molecule has 2 unspecified atom stereocenters. The Kier molecular flexibility index (Phi) is 11.4. The minimum absolute atomic E-state index is 0.108. The zero-order chi connectivity index (χ0) is 27.6. The Labute approximate surface area is 226 Å². The second-order valence-electron chi connectivity index (χ2n) is 9.44. The lowest BCUT2D eigenvalue weighted by Crippen LogP contribution is -2.18. The number of nitriles is 1. The molecule has 1 fully saturated rings. The van der Waals surface area contributed by atoms with E-state index in [9.17, 15) is 14.9 Å². The molecule has 1 aromatic heterocycles. The summed E-state index contributed by atoms with van der Waals surface area (Å²) in [7, 11) is 3.12. The van der Waals surface area contributed by atoms with Crippen LogP contribution in [0.4, 0.5) is 5.82 Å². The van der Waals surface area contributed by atoms with Gasteiger partial charge in [0.15, 0.2) is 0 Å². The van der Waals surface area contributed by atoms with E-state index < -0.39 is 5.92 Å². The molecule has 1 aromatic carbocycles. The molecule has 2 N–H and O–H groups in total.